The summed E-state index contributed by atoms with van der Waals surface area (Å²) >= 11 is 0.651. The number of oxime groups is 1. The molecule has 1 aliphatic heterocycles. The largest absolute Gasteiger partial charge is 0.466 e. The number of carbonyl (C=O) groups is 5. The number of thioether (sulfide) groups is 1. The monoisotopic (exact) mass is 658 g/mol. The number of ether oxygens (including phenoxy) is 5. The fourth-order valence-corrected chi connectivity index (χ4v) is 5.78. The molecule has 1 aromatic carbocycles. The lowest BCUT2D eigenvalue weighted by Crippen LogP contribution is -2.61. The Bertz CT molecular complexity index is 1570. The van der Waals surface area contributed by atoms with E-state index in [9.17, 15) is 36.9 Å². The Morgan fingerprint density at radius 1 is 0.909 bits per heavy atom. The maximum absolute atomic E-state index is 12.3. The zero-order valence-corrected chi connectivity index (χ0v) is 25.8. The number of fused-ring (bicyclic) bond motifs is 1. The van der Waals surface area contributed by atoms with Crippen molar-refractivity contribution >= 4 is 67.9 Å². The molecule has 1 fully saturated rings. The number of rotatable bonds is 10. The van der Waals surface area contributed by atoms with Crippen LogP contribution in [0, 0.1) is 0 Å². The summed E-state index contributed by atoms with van der Waals surface area (Å²) in [6.45, 7) is 5.17. The van der Waals surface area contributed by atoms with E-state index in [1.807, 2.05) is 0 Å². The van der Waals surface area contributed by atoms with Gasteiger partial charge in [-0.25, -0.2) is 4.28 Å². The standard InChI is InChI=1S/C26H30N2O14S2/c1-13(29)28-11-18(19-8-6-7-9-20(19)28)10-22(27-42-44(34,35)36)43-26-25(40-17(5)33)24(39-16(4)32)23(38-15(3)31)21(41-26)12-37-14(2)30/h6-9,11,21,23-26H,10,12H2,1-5H3,(H,34,35,36)/b27-22-/t21-,23-,24+,25-,26+/m1/s1. The maximum atomic E-state index is 12.3. The van der Waals surface area contributed by atoms with Gasteiger partial charge in [-0.15, -0.1) is 0 Å². The zero-order valence-electron chi connectivity index (χ0n) is 24.2. The molecule has 18 heteroatoms. The average Bonchev–Trinajstić information content (AvgIpc) is 3.27. The highest BCUT2D eigenvalue weighted by Crippen LogP contribution is 2.36. The third-order valence-corrected chi connectivity index (χ3v) is 7.27. The lowest BCUT2D eigenvalue weighted by Gasteiger charge is -2.44. The summed E-state index contributed by atoms with van der Waals surface area (Å²) in [7, 11) is -5.08. The van der Waals surface area contributed by atoms with Gasteiger partial charge in [0.05, 0.1) is 5.52 Å². The van der Waals surface area contributed by atoms with E-state index in [0.29, 0.717) is 28.2 Å². The van der Waals surface area contributed by atoms with Crippen molar-refractivity contribution in [3.63, 3.8) is 0 Å². The minimum absolute atomic E-state index is 0.171. The third-order valence-electron chi connectivity index (χ3n) is 5.91. The molecule has 0 unspecified atom stereocenters. The van der Waals surface area contributed by atoms with Crippen LogP contribution in [0.1, 0.15) is 45.0 Å². The topological polar surface area (TPSA) is 212 Å². The molecule has 0 saturated carbocycles. The molecule has 0 amide bonds. The summed E-state index contributed by atoms with van der Waals surface area (Å²) in [5, 5.41) is 3.99. The first-order chi connectivity index (χ1) is 20.6. The summed E-state index contributed by atoms with van der Waals surface area (Å²) in [4.78, 5) is 60.1. The zero-order chi connectivity index (χ0) is 32.8. The van der Waals surface area contributed by atoms with Gasteiger partial charge in [-0.05, 0) is 11.6 Å². The van der Waals surface area contributed by atoms with E-state index >= 15 is 0 Å². The van der Waals surface area contributed by atoms with Crippen molar-refractivity contribution in [2.24, 2.45) is 5.16 Å². The molecule has 240 valence electrons. The van der Waals surface area contributed by atoms with Crippen LogP contribution in [0.5, 0.6) is 0 Å². The number of hydrogen-bond acceptors (Lipinski definition) is 15. The SMILES string of the molecule is CC(=O)OC[C@H]1O[C@@H](S/C(Cc2cn(C(C)=O)c3ccccc23)=N\OS(=O)(=O)O)[C@H](OC(C)=O)[C@@H](OC(C)=O)[C@@H]1OC(C)=O. The van der Waals surface area contributed by atoms with E-state index in [1.165, 1.54) is 17.7 Å². The maximum Gasteiger partial charge on any atom is 0.466 e. The smallest absolute Gasteiger partial charge is 0.463 e. The van der Waals surface area contributed by atoms with Crippen LogP contribution in [0.3, 0.4) is 0 Å². The first-order valence-electron chi connectivity index (χ1n) is 12.9. The number of nitrogens with zero attached hydrogens (tertiary/aromatic N) is 2. The summed E-state index contributed by atoms with van der Waals surface area (Å²) in [5.74, 6) is -3.54. The fourth-order valence-electron chi connectivity index (χ4n) is 4.42. The molecule has 0 bridgehead atoms. The Balaban J connectivity index is 2.11. The lowest BCUT2D eigenvalue weighted by atomic mass is 9.99. The van der Waals surface area contributed by atoms with Gasteiger partial charge in [0.25, 0.3) is 0 Å². The van der Waals surface area contributed by atoms with Crippen LogP contribution in [0.15, 0.2) is 35.6 Å². The van der Waals surface area contributed by atoms with Crippen LogP contribution in [-0.4, -0.2) is 88.8 Å². The Morgan fingerprint density at radius 2 is 1.50 bits per heavy atom. The molecule has 1 aromatic heterocycles. The van der Waals surface area contributed by atoms with Gasteiger partial charge in [-0.1, -0.05) is 35.1 Å². The van der Waals surface area contributed by atoms with Crippen molar-refractivity contribution in [3.8, 4) is 0 Å². The molecule has 1 saturated heterocycles. The van der Waals surface area contributed by atoms with Crippen molar-refractivity contribution in [1.82, 2.24) is 4.57 Å². The molecule has 5 atom stereocenters. The van der Waals surface area contributed by atoms with E-state index in [0.717, 1.165) is 27.7 Å². The molecule has 44 heavy (non-hydrogen) atoms. The summed E-state index contributed by atoms with van der Waals surface area (Å²) in [6, 6.07) is 6.84. The second-order valence-electron chi connectivity index (χ2n) is 9.41. The number of para-hydroxylation sites is 1. The van der Waals surface area contributed by atoms with Gasteiger partial charge in [-0.3, -0.25) is 33.1 Å². The highest BCUT2D eigenvalue weighted by atomic mass is 32.3. The van der Waals surface area contributed by atoms with Crippen molar-refractivity contribution in [2.45, 2.75) is 70.9 Å². The van der Waals surface area contributed by atoms with E-state index in [2.05, 4.69) is 9.44 Å². The molecule has 0 aliphatic carbocycles. The molecule has 2 heterocycles. The van der Waals surface area contributed by atoms with Crippen molar-refractivity contribution < 1.29 is 64.9 Å². The molecule has 1 N–H and O–H groups in total. The summed E-state index contributed by atoms with van der Waals surface area (Å²) in [6.07, 6.45) is -4.37. The van der Waals surface area contributed by atoms with Gasteiger partial charge in [0.2, 0.25) is 5.91 Å². The van der Waals surface area contributed by atoms with Gasteiger partial charge < -0.3 is 23.7 Å². The molecule has 2 aromatic rings. The first-order valence-corrected chi connectivity index (χ1v) is 15.1. The lowest BCUT2D eigenvalue weighted by molar-refractivity contribution is -0.237. The Labute approximate surface area is 255 Å². The van der Waals surface area contributed by atoms with E-state index < -0.39 is 70.7 Å². The van der Waals surface area contributed by atoms with Gasteiger partial charge in [0, 0.05) is 52.6 Å². The van der Waals surface area contributed by atoms with Crippen LogP contribution < -0.4 is 0 Å². The number of carbonyl (C=O) groups excluding carboxylic acids is 5. The van der Waals surface area contributed by atoms with E-state index in [1.54, 1.807) is 24.3 Å². The normalized spacial score (nSPS) is 22.1. The van der Waals surface area contributed by atoms with Crippen LogP contribution >= 0.6 is 11.8 Å². The van der Waals surface area contributed by atoms with Gasteiger partial charge >= 0.3 is 34.3 Å². The predicted octanol–water partition coefficient (Wildman–Crippen LogP) is 1.79. The van der Waals surface area contributed by atoms with E-state index in [-0.39, 0.29) is 17.4 Å². The van der Waals surface area contributed by atoms with Crippen molar-refractivity contribution in [3.05, 3.63) is 36.0 Å². The van der Waals surface area contributed by atoms with Gasteiger partial charge in [-0.2, -0.15) is 8.42 Å². The van der Waals surface area contributed by atoms with Gasteiger partial charge in [0.15, 0.2) is 18.3 Å². The quantitative estimate of drug-likeness (QED) is 0.0962. The van der Waals surface area contributed by atoms with Crippen LogP contribution in [0.25, 0.3) is 10.9 Å². The van der Waals surface area contributed by atoms with Crippen molar-refractivity contribution in [1.29, 1.82) is 0 Å². The highest BCUT2D eigenvalue weighted by molar-refractivity contribution is 8.14. The van der Waals surface area contributed by atoms with E-state index in [4.69, 9.17) is 23.7 Å². The van der Waals surface area contributed by atoms with Crippen LogP contribution in [0.2, 0.25) is 0 Å². The summed E-state index contributed by atoms with van der Waals surface area (Å²) in [5.41, 5.74) is -0.352. The molecule has 0 spiro atoms. The molecule has 1 aliphatic rings. The predicted molar refractivity (Wildman–Crippen MR) is 152 cm³/mol. The number of benzene rings is 1. The van der Waals surface area contributed by atoms with Gasteiger partial charge in [0.1, 0.15) is 23.2 Å². The molecule has 0 radical (unpaired) electrons. The second-order valence-corrected chi connectivity index (χ2v) is 11.6. The van der Waals surface area contributed by atoms with Crippen molar-refractivity contribution in [2.75, 3.05) is 6.61 Å². The minimum Gasteiger partial charge on any atom is -0.463 e. The minimum atomic E-state index is -5.08. The molecule has 16 nitrogen and oxygen atoms in total. The number of aromatic nitrogens is 1. The third kappa shape index (κ3) is 9.50. The summed E-state index contributed by atoms with van der Waals surface area (Å²) < 4.78 is 65.0. The first kappa shape index (κ1) is 34.5. The second kappa shape index (κ2) is 14.7. The Hall–Kier alpha value is -4.00. The Kier molecular flexibility index (Phi) is 11.5. The molecule has 3 rings (SSSR count). The number of esters is 4. The highest BCUT2D eigenvalue weighted by Gasteiger charge is 2.52. The molecular weight excluding hydrogens is 628 g/mol. The Morgan fingerprint density at radius 3 is 2.07 bits per heavy atom. The van der Waals surface area contributed by atoms with Crippen LogP contribution in [0.4, 0.5) is 0 Å². The average molecular weight is 659 g/mol. The fraction of sp³-hybridized carbons (Fsp3) is 0.462. The van der Waals surface area contributed by atoms with Crippen LogP contribution in [-0.2, 0) is 64.0 Å². The number of hydrogen-bond donors (Lipinski definition) is 1. The molecular formula is C26H30N2O14S2.